The van der Waals surface area contributed by atoms with E-state index in [4.69, 9.17) is 5.73 Å². The lowest BCUT2D eigenvalue weighted by Gasteiger charge is -2.11. The molecule has 0 aliphatic heterocycles. The van der Waals surface area contributed by atoms with E-state index >= 15 is 0 Å². The van der Waals surface area contributed by atoms with Crippen LogP contribution in [0.1, 0.15) is 29.3 Å². The highest BCUT2D eigenvalue weighted by Gasteiger charge is 2.02. The van der Waals surface area contributed by atoms with Gasteiger partial charge in [-0.05, 0) is 24.1 Å². The molecule has 0 radical (unpaired) electrons. The van der Waals surface area contributed by atoms with Crippen LogP contribution in [0.2, 0.25) is 0 Å². The van der Waals surface area contributed by atoms with E-state index in [-0.39, 0.29) is 24.0 Å². The maximum atomic E-state index is 11.1. The molecule has 0 saturated heterocycles. The number of guanidine groups is 1. The van der Waals surface area contributed by atoms with Gasteiger partial charge in [-0.3, -0.25) is 9.79 Å². The van der Waals surface area contributed by atoms with E-state index in [9.17, 15) is 4.79 Å². The van der Waals surface area contributed by atoms with Crippen molar-refractivity contribution in [1.29, 1.82) is 0 Å². The summed E-state index contributed by atoms with van der Waals surface area (Å²) < 4.78 is 0. The first-order valence-corrected chi connectivity index (χ1v) is 6.00. The Hall–Kier alpha value is -1.31. The van der Waals surface area contributed by atoms with Gasteiger partial charge in [0.05, 0.1) is 0 Å². The van der Waals surface area contributed by atoms with E-state index in [0.29, 0.717) is 12.1 Å². The molecule has 0 aromatic heterocycles. The Morgan fingerprint density at radius 3 is 2.68 bits per heavy atom. The fraction of sp³-hybridized carbons (Fsp3) is 0.385. The van der Waals surface area contributed by atoms with Gasteiger partial charge in [0, 0.05) is 25.7 Å². The lowest BCUT2D eigenvalue weighted by atomic mass is 10.1. The quantitative estimate of drug-likeness (QED) is 0.414. The highest BCUT2D eigenvalue weighted by Crippen LogP contribution is 2.04. The molecule has 0 saturated carbocycles. The predicted octanol–water partition coefficient (Wildman–Crippen LogP) is 1.48. The number of nitrogens with two attached hydrogens (primary N) is 1. The van der Waals surface area contributed by atoms with Crippen molar-refractivity contribution < 1.29 is 4.79 Å². The van der Waals surface area contributed by atoms with Crippen molar-refractivity contribution in [2.24, 2.45) is 10.7 Å². The third kappa shape index (κ3) is 6.42. The summed E-state index contributed by atoms with van der Waals surface area (Å²) in [5.41, 5.74) is 6.75. The summed E-state index contributed by atoms with van der Waals surface area (Å²) in [5.74, 6) is 0.340. The summed E-state index contributed by atoms with van der Waals surface area (Å²) in [6, 6.07) is 7.24. The van der Waals surface area contributed by atoms with E-state index in [1.165, 1.54) is 0 Å². The number of hydrogen-bond acceptors (Lipinski definition) is 2. The van der Waals surface area contributed by atoms with Gasteiger partial charge in [0.1, 0.15) is 0 Å². The van der Waals surface area contributed by atoms with Gasteiger partial charge in [-0.2, -0.15) is 0 Å². The van der Waals surface area contributed by atoms with Gasteiger partial charge in [0.2, 0.25) is 5.91 Å². The van der Waals surface area contributed by atoms with Crippen LogP contribution in [-0.2, 0) is 6.54 Å². The van der Waals surface area contributed by atoms with E-state index in [0.717, 1.165) is 24.5 Å². The minimum absolute atomic E-state index is 0. The summed E-state index contributed by atoms with van der Waals surface area (Å²) in [5, 5.41) is 6.35. The lowest BCUT2D eigenvalue weighted by Crippen LogP contribution is -2.37. The molecule has 1 aromatic rings. The maximum Gasteiger partial charge on any atom is 0.248 e. The number of primary amides is 1. The Bertz CT molecular complexity index is 434. The fourth-order valence-electron chi connectivity index (χ4n) is 1.48. The zero-order valence-electron chi connectivity index (χ0n) is 11.3. The van der Waals surface area contributed by atoms with E-state index in [1.54, 1.807) is 19.2 Å². The standard InChI is InChI=1S/C13H20N4O.HI/c1-3-7-16-13(15-2)17-9-10-5-4-6-11(8-10)12(14)18;/h4-6,8H,3,7,9H2,1-2H3,(H2,14,18)(H2,15,16,17);1H. The molecular formula is C13H21IN4O. The smallest absolute Gasteiger partial charge is 0.248 e. The van der Waals surface area contributed by atoms with Crippen LogP contribution < -0.4 is 16.4 Å². The Balaban J connectivity index is 0.00000324. The summed E-state index contributed by atoms with van der Waals surface area (Å²) in [4.78, 5) is 15.2. The number of halogens is 1. The van der Waals surface area contributed by atoms with Crippen molar-refractivity contribution in [2.45, 2.75) is 19.9 Å². The van der Waals surface area contributed by atoms with Crippen molar-refractivity contribution in [2.75, 3.05) is 13.6 Å². The van der Waals surface area contributed by atoms with E-state index in [1.807, 2.05) is 12.1 Å². The maximum absolute atomic E-state index is 11.1. The third-order valence-corrected chi connectivity index (χ3v) is 2.44. The molecule has 4 N–H and O–H groups in total. The number of hydrogen-bond donors (Lipinski definition) is 3. The van der Waals surface area contributed by atoms with Gasteiger partial charge < -0.3 is 16.4 Å². The SMILES string of the molecule is CCCNC(=NC)NCc1cccc(C(N)=O)c1.I. The summed E-state index contributed by atoms with van der Waals surface area (Å²) >= 11 is 0. The molecule has 0 spiro atoms. The van der Waals surface area contributed by atoms with Crippen LogP contribution in [0.25, 0.3) is 0 Å². The largest absolute Gasteiger partial charge is 0.366 e. The zero-order valence-corrected chi connectivity index (χ0v) is 13.6. The first kappa shape index (κ1) is 17.7. The average molecular weight is 376 g/mol. The second-order valence-corrected chi connectivity index (χ2v) is 3.92. The number of rotatable bonds is 5. The molecule has 6 heteroatoms. The Labute approximate surface area is 131 Å². The van der Waals surface area contributed by atoms with Gasteiger partial charge in [-0.15, -0.1) is 24.0 Å². The van der Waals surface area contributed by atoms with Crippen LogP contribution >= 0.6 is 24.0 Å². The van der Waals surface area contributed by atoms with E-state index in [2.05, 4.69) is 22.5 Å². The van der Waals surface area contributed by atoms with E-state index < -0.39 is 5.91 Å². The van der Waals surface area contributed by atoms with Crippen molar-refractivity contribution in [3.63, 3.8) is 0 Å². The van der Waals surface area contributed by atoms with Gasteiger partial charge in [-0.25, -0.2) is 0 Å². The van der Waals surface area contributed by atoms with Crippen molar-refractivity contribution in [3.05, 3.63) is 35.4 Å². The Morgan fingerprint density at radius 2 is 2.11 bits per heavy atom. The first-order valence-electron chi connectivity index (χ1n) is 6.00. The van der Waals surface area contributed by atoms with Crippen LogP contribution in [0.15, 0.2) is 29.3 Å². The van der Waals surface area contributed by atoms with Crippen molar-refractivity contribution >= 4 is 35.8 Å². The Morgan fingerprint density at radius 1 is 1.37 bits per heavy atom. The van der Waals surface area contributed by atoms with Crippen LogP contribution in [0.3, 0.4) is 0 Å². The van der Waals surface area contributed by atoms with Crippen LogP contribution in [0.4, 0.5) is 0 Å². The molecule has 1 aromatic carbocycles. The third-order valence-electron chi connectivity index (χ3n) is 2.44. The predicted molar refractivity (Wildman–Crippen MR) is 88.9 cm³/mol. The number of nitrogens with zero attached hydrogens (tertiary/aromatic N) is 1. The van der Waals surface area contributed by atoms with Gasteiger partial charge >= 0.3 is 0 Å². The van der Waals surface area contributed by atoms with Crippen molar-refractivity contribution in [1.82, 2.24) is 10.6 Å². The van der Waals surface area contributed by atoms with Gasteiger partial charge in [0.25, 0.3) is 0 Å². The normalized spacial score (nSPS) is 10.5. The van der Waals surface area contributed by atoms with Crippen LogP contribution in [-0.4, -0.2) is 25.5 Å². The minimum atomic E-state index is -0.412. The molecule has 1 rings (SSSR count). The fourth-order valence-corrected chi connectivity index (χ4v) is 1.48. The van der Waals surface area contributed by atoms with Gasteiger partial charge in [-0.1, -0.05) is 19.1 Å². The van der Waals surface area contributed by atoms with Crippen LogP contribution in [0.5, 0.6) is 0 Å². The molecule has 0 atom stereocenters. The summed E-state index contributed by atoms with van der Waals surface area (Å²) in [7, 11) is 1.73. The molecule has 106 valence electrons. The topological polar surface area (TPSA) is 79.5 Å². The van der Waals surface area contributed by atoms with Crippen molar-refractivity contribution in [3.8, 4) is 0 Å². The second kappa shape index (κ2) is 9.60. The molecule has 5 nitrogen and oxygen atoms in total. The van der Waals surface area contributed by atoms with Crippen LogP contribution in [0, 0.1) is 0 Å². The molecule has 0 aliphatic carbocycles. The molecule has 0 unspecified atom stereocenters. The highest BCUT2D eigenvalue weighted by atomic mass is 127. The first-order chi connectivity index (χ1) is 8.67. The number of carbonyl (C=O) groups excluding carboxylic acids is 1. The molecule has 0 fully saturated rings. The number of amides is 1. The minimum Gasteiger partial charge on any atom is -0.366 e. The highest BCUT2D eigenvalue weighted by molar-refractivity contribution is 14.0. The molecule has 1 amide bonds. The second-order valence-electron chi connectivity index (χ2n) is 3.92. The lowest BCUT2D eigenvalue weighted by molar-refractivity contribution is 0.1000. The molecule has 0 heterocycles. The Kier molecular flexibility index (Phi) is 8.94. The molecular weight excluding hydrogens is 355 g/mol. The monoisotopic (exact) mass is 376 g/mol. The number of aliphatic imine (C=N–C) groups is 1. The number of benzene rings is 1. The summed E-state index contributed by atoms with van der Waals surface area (Å²) in [6.07, 6.45) is 1.04. The molecule has 0 aliphatic rings. The number of carbonyl (C=O) groups is 1. The average Bonchev–Trinajstić information content (AvgIpc) is 2.39. The number of nitrogens with one attached hydrogen (secondary N) is 2. The molecule has 19 heavy (non-hydrogen) atoms. The summed E-state index contributed by atoms with van der Waals surface area (Å²) in [6.45, 7) is 3.57. The van der Waals surface area contributed by atoms with Gasteiger partial charge in [0.15, 0.2) is 5.96 Å². The zero-order chi connectivity index (χ0) is 13.4. The molecule has 0 bridgehead atoms.